The molecule has 0 aliphatic heterocycles. The number of nitrogens with zero attached hydrogens (tertiary/aromatic N) is 1. The first kappa shape index (κ1) is 20.0. The highest BCUT2D eigenvalue weighted by Crippen LogP contribution is 2.48. The highest BCUT2D eigenvalue weighted by atomic mass is 35.5. The van der Waals surface area contributed by atoms with Gasteiger partial charge in [0.25, 0.3) is 0 Å². The van der Waals surface area contributed by atoms with Crippen molar-refractivity contribution in [3.05, 3.63) is 34.9 Å². The first-order valence-electron chi connectivity index (χ1n) is 8.25. The molecule has 1 saturated carbocycles. The average Bonchev–Trinajstić information content (AvgIpc) is 3.26. The number of nitrogens with one attached hydrogen (secondary N) is 3. The van der Waals surface area contributed by atoms with E-state index in [0.29, 0.717) is 12.5 Å². The monoisotopic (exact) mass is 386 g/mol. The lowest BCUT2D eigenvalue weighted by molar-refractivity contribution is 0.446. The molecule has 0 spiro atoms. The summed E-state index contributed by atoms with van der Waals surface area (Å²) in [4.78, 5) is 4.22. The molecule has 0 heterocycles. The second kappa shape index (κ2) is 7.51. The van der Waals surface area contributed by atoms with Crippen LogP contribution in [0.1, 0.15) is 32.3 Å². The molecule has 1 fully saturated rings. The quantitative estimate of drug-likeness (QED) is 0.493. The van der Waals surface area contributed by atoms with E-state index in [0.717, 1.165) is 30.7 Å². The minimum Gasteiger partial charge on any atom is -0.356 e. The molecule has 1 aliphatic carbocycles. The molecule has 0 amide bonds. The molecule has 1 aromatic rings. The molecular weight excluding hydrogens is 360 g/mol. The Kier molecular flexibility index (Phi) is 6.01. The molecule has 0 radical (unpaired) electrons. The fourth-order valence-electron chi connectivity index (χ4n) is 2.85. The predicted octanol–water partition coefficient (Wildman–Crippen LogP) is 1.86. The lowest BCUT2D eigenvalue weighted by atomic mass is 9.96. The zero-order chi connectivity index (χ0) is 18.7. The van der Waals surface area contributed by atoms with Gasteiger partial charge in [0.05, 0.1) is 6.26 Å². The van der Waals surface area contributed by atoms with E-state index >= 15 is 0 Å². The van der Waals surface area contributed by atoms with Crippen LogP contribution in [-0.2, 0) is 15.4 Å². The van der Waals surface area contributed by atoms with Gasteiger partial charge in [0.15, 0.2) is 5.96 Å². The number of benzene rings is 1. The van der Waals surface area contributed by atoms with Crippen molar-refractivity contribution in [2.45, 2.75) is 37.6 Å². The summed E-state index contributed by atoms with van der Waals surface area (Å²) in [6, 6.07) is 7.98. The zero-order valence-electron chi connectivity index (χ0n) is 15.2. The first-order chi connectivity index (χ1) is 11.6. The van der Waals surface area contributed by atoms with Gasteiger partial charge in [-0.1, -0.05) is 23.7 Å². The molecule has 0 atom stereocenters. The Bertz CT molecular complexity index is 743. The molecule has 8 heteroatoms. The van der Waals surface area contributed by atoms with Gasteiger partial charge in [0, 0.05) is 36.1 Å². The van der Waals surface area contributed by atoms with Gasteiger partial charge >= 0.3 is 0 Å². The highest BCUT2D eigenvalue weighted by Gasteiger charge is 2.44. The number of guanidine groups is 1. The number of sulfonamides is 1. The van der Waals surface area contributed by atoms with E-state index in [-0.39, 0.29) is 5.41 Å². The van der Waals surface area contributed by atoms with Gasteiger partial charge in [0.2, 0.25) is 10.0 Å². The third-order valence-electron chi connectivity index (χ3n) is 4.27. The largest absolute Gasteiger partial charge is 0.356 e. The van der Waals surface area contributed by atoms with Crippen LogP contribution < -0.4 is 15.4 Å². The Hall–Kier alpha value is -1.31. The molecule has 6 nitrogen and oxygen atoms in total. The highest BCUT2D eigenvalue weighted by molar-refractivity contribution is 7.88. The maximum atomic E-state index is 11.4. The van der Waals surface area contributed by atoms with Gasteiger partial charge in [-0.25, -0.2) is 13.1 Å². The van der Waals surface area contributed by atoms with E-state index in [1.807, 2.05) is 32.0 Å². The van der Waals surface area contributed by atoms with Crippen LogP contribution in [0.5, 0.6) is 0 Å². The van der Waals surface area contributed by atoms with Crippen LogP contribution in [0.15, 0.2) is 29.3 Å². The Morgan fingerprint density at radius 1 is 1.32 bits per heavy atom. The molecule has 1 aromatic carbocycles. The Morgan fingerprint density at radius 2 is 2.00 bits per heavy atom. The molecule has 0 bridgehead atoms. The minimum atomic E-state index is -3.26. The van der Waals surface area contributed by atoms with Gasteiger partial charge in [-0.05, 0) is 44.4 Å². The topological polar surface area (TPSA) is 82.6 Å². The Labute approximate surface area is 155 Å². The van der Waals surface area contributed by atoms with E-state index in [2.05, 4.69) is 26.4 Å². The van der Waals surface area contributed by atoms with Crippen LogP contribution in [0.25, 0.3) is 0 Å². The van der Waals surface area contributed by atoms with Gasteiger partial charge < -0.3 is 10.6 Å². The summed E-state index contributed by atoms with van der Waals surface area (Å²) in [7, 11) is -1.57. The zero-order valence-corrected chi connectivity index (χ0v) is 16.8. The number of aliphatic imine (C=N–C) groups is 1. The van der Waals surface area contributed by atoms with Crippen LogP contribution in [0.3, 0.4) is 0 Å². The summed E-state index contributed by atoms with van der Waals surface area (Å²) in [6.07, 6.45) is 3.38. The Balaban J connectivity index is 1.91. The summed E-state index contributed by atoms with van der Waals surface area (Å²) in [5.74, 6) is 0.650. The van der Waals surface area contributed by atoms with E-state index in [9.17, 15) is 8.42 Å². The van der Waals surface area contributed by atoms with Crippen LogP contribution in [0.4, 0.5) is 0 Å². The van der Waals surface area contributed by atoms with Crippen molar-refractivity contribution in [2.75, 3.05) is 26.4 Å². The fourth-order valence-corrected chi connectivity index (χ4v) is 4.12. The molecule has 140 valence electrons. The van der Waals surface area contributed by atoms with Gasteiger partial charge in [-0.3, -0.25) is 4.99 Å². The molecular formula is C17H27ClN4O2S. The van der Waals surface area contributed by atoms with E-state index < -0.39 is 15.6 Å². The molecule has 2 rings (SSSR count). The van der Waals surface area contributed by atoms with Gasteiger partial charge in [-0.2, -0.15) is 0 Å². The smallest absolute Gasteiger partial charge is 0.209 e. The summed E-state index contributed by atoms with van der Waals surface area (Å²) in [5.41, 5.74) is 0.723. The summed E-state index contributed by atoms with van der Waals surface area (Å²) < 4.78 is 25.4. The molecule has 0 saturated heterocycles. The average molecular weight is 387 g/mol. The van der Waals surface area contributed by atoms with E-state index in [1.165, 1.54) is 5.56 Å². The molecule has 3 N–H and O–H groups in total. The van der Waals surface area contributed by atoms with Gasteiger partial charge in [0.1, 0.15) is 0 Å². The second-order valence-electron chi connectivity index (χ2n) is 7.33. The number of hydrogen-bond acceptors (Lipinski definition) is 3. The first-order valence-corrected chi connectivity index (χ1v) is 10.5. The minimum absolute atomic E-state index is 0.100. The fraction of sp³-hybridized carbons (Fsp3) is 0.588. The lowest BCUT2D eigenvalue weighted by Gasteiger charge is -2.27. The number of rotatable bonds is 7. The summed E-state index contributed by atoms with van der Waals surface area (Å²) in [6.45, 7) is 4.82. The third kappa shape index (κ3) is 6.17. The molecule has 0 aromatic heterocycles. The lowest BCUT2D eigenvalue weighted by Crippen LogP contribution is -2.53. The maximum Gasteiger partial charge on any atom is 0.209 e. The van der Waals surface area contributed by atoms with Crippen molar-refractivity contribution in [3.8, 4) is 0 Å². The number of hydrogen-bond donors (Lipinski definition) is 3. The second-order valence-corrected chi connectivity index (χ2v) is 9.51. The normalized spacial score (nSPS) is 17.2. The maximum absolute atomic E-state index is 11.4. The van der Waals surface area contributed by atoms with Crippen LogP contribution in [0.2, 0.25) is 5.02 Å². The van der Waals surface area contributed by atoms with Crippen molar-refractivity contribution in [1.29, 1.82) is 0 Å². The molecule has 1 aliphatic rings. The van der Waals surface area contributed by atoms with Crippen molar-refractivity contribution in [1.82, 2.24) is 15.4 Å². The third-order valence-corrected chi connectivity index (χ3v) is 5.43. The van der Waals surface area contributed by atoms with E-state index in [1.54, 1.807) is 7.05 Å². The van der Waals surface area contributed by atoms with Crippen LogP contribution in [0, 0.1) is 0 Å². The van der Waals surface area contributed by atoms with Crippen molar-refractivity contribution < 1.29 is 8.42 Å². The Morgan fingerprint density at radius 3 is 2.52 bits per heavy atom. The molecule has 25 heavy (non-hydrogen) atoms. The summed E-state index contributed by atoms with van der Waals surface area (Å²) in [5, 5.41) is 7.28. The SMILES string of the molecule is CN=C(NCC(C)(C)NS(C)(=O)=O)NCC1(c2cccc(Cl)c2)CC1. The van der Waals surface area contributed by atoms with Crippen molar-refractivity contribution >= 4 is 27.6 Å². The summed E-state index contributed by atoms with van der Waals surface area (Å²) >= 11 is 6.11. The predicted molar refractivity (Wildman–Crippen MR) is 104 cm³/mol. The van der Waals surface area contributed by atoms with E-state index in [4.69, 9.17) is 11.6 Å². The molecule has 0 unspecified atom stereocenters. The van der Waals surface area contributed by atoms with Gasteiger partial charge in [-0.15, -0.1) is 0 Å². The van der Waals surface area contributed by atoms with Crippen molar-refractivity contribution in [2.24, 2.45) is 4.99 Å². The van der Waals surface area contributed by atoms with Crippen molar-refractivity contribution in [3.63, 3.8) is 0 Å². The standard InChI is InChI=1S/C17H27ClN4O2S/c1-16(2,22-25(4,23)24)11-20-15(19-3)21-12-17(8-9-17)13-6-5-7-14(18)10-13/h5-7,10,22H,8-9,11-12H2,1-4H3,(H2,19,20,21). The van der Waals surface area contributed by atoms with Crippen LogP contribution >= 0.6 is 11.6 Å². The van der Waals surface area contributed by atoms with Crippen LogP contribution in [-0.4, -0.2) is 46.3 Å². The number of halogens is 1.